The molecule has 1 aliphatic heterocycles. The van der Waals surface area contributed by atoms with Crippen molar-refractivity contribution in [1.82, 2.24) is 14.8 Å². The van der Waals surface area contributed by atoms with Crippen LogP contribution in [0.5, 0.6) is 0 Å². The van der Waals surface area contributed by atoms with Gasteiger partial charge >= 0.3 is 0 Å². The summed E-state index contributed by atoms with van der Waals surface area (Å²) >= 11 is 5.95. The van der Waals surface area contributed by atoms with Gasteiger partial charge in [0.1, 0.15) is 5.82 Å². The number of benzene rings is 1. The molecule has 2 heterocycles. The topological polar surface area (TPSA) is 50.9 Å². The van der Waals surface area contributed by atoms with E-state index >= 15 is 0 Å². The first kappa shape index (κ1) is 11.7. The summed E-state index contributed by atoms with van der Waals surface area (Å²) in [4.78, 5) is 4.47. The molecule has 2 aromatic rings. The molecule has 18 heavy (non-hydrogen) atoms. The lowest BCUT2D eigenvalue weighted by Gasteiger charge is -2.16. The molecule has 94 valence electrons. The summed E-state index contributed by atoms with van der Waals surface area (Å²) in [6.45, 7) is 0.749. The molecule has 3 rings (SSSR count). The predicted octanol–water partition coefficient (Wildman–Crippen LogP) is 1.83. The van der Waals surface area contributed by atoms with Crippen LogP contribution in [0.4, 0.5) is 0 Å². The molecule has 0 bridgehead atoms. The number of rotatable bonds is 2. The van der Waals surface area contributed by atoms with Gasteiger partial charge in [-0.2, -0.15) is 5.10 Å². The van der Waals surface area contributed by atoms with Crippen LogP contribution in [0.15, 0.2) is 24.3 Å². The van der Waals surface area contributed by atoms with Gasteiger partial charge in [-0.1, -0.05) is 23.7 Å². The average molecular weight is 264 g/mol. The van der Waals surface area contributed by atoms with Crippen molar-refractivity contribution in [2.45, 2.75) is 31.9 Å². The van der Waals surface area contributed by atoms with Crippen molar-refractivity contribution in [3.05, 3.63) is 46.5 Å². The number of aromatic nitrogens is 3. The summed E-state index contributed by atoms with van der Waals surface area (Å²) in [5.41, 5.74) is 1.10. The van der Waals surface area contributed by atoms with Crippen LogP contribution in [0, 0.1) is 0 Å². The standard InChI is InChI=1S/C13H14ClN3O/c14-10-3-1-2-9(6-10)7-12-15-13-8-11(18)4-5-17(13)16-12/h1-3,6,11,18H,4-5,7-8H2. The van der Waals surface area contributed by atoms with Crippen LogP contribution in [-0.2, 0) is 19.4 Å². The van der Waals surface area contributed by atoms with Crippen molar-refractivity contribution in [2.24, 2.45) is 0 Å². The summed E-state index contributed by atoms with van der Waals surface area (Å²) in [5, 5.41) is 14.8. The summed E-state index contributed by atoms with van der Waals surface area (Å²) < 4.78 is 1.90. The SMILES string of the molecule is OC1CCn2nc(Cc3cccc(Cl)c3)nc2C1. The number of hydrogen-bond donors (Lipinski definition) is 1. The first-order valence-corrected chi connectivity index (χ1v) is 6.43. The Labute approximate surface area is 110 Å². The van der Waals surface area contributed by atoms with E-state index in [4.69, 9.17) is 11.6 Å². The maximum atomic E-state index is 9.59. The van der Waals surface area contributed by atoms with Crippen LogP contribution in [0.1, 0.15) is 23.6 Å². The summed E-state index contributed by atoms with van der Waals surface area (Å²) in [6.07, 6.45) is 1.76. The Kier molecular flexibility index (Phi) is 3.06. The lowest BCUT2D eigenvalue weighted by atomic mass is 10.1. The third kappa shape index (κ3) is 2.40. The van der Waals surface area contributed by atoms with E-state index in [0.29, 0.717) is 12.8 Å². The van der Waals surface area contributed by atoms with Crippen LogP contribution >= 0.6 is 11.6 Å². The van der Waals surface area contributed by atoms with Gasteiger partial charge in [-0.05, 0) is 24.1 Å². The monoisotopic (exact) mass is 263 g/mol. The zero-order chi connectivity index (χ0) is 12.5. The second kappa shape index (κ2) is 4.71. The highest BCUT2D eigenvalue weighted by Crippen LogP contribution is 2.16. The predicted molar refractivity (Wildman–Crippen MR) is 68.6 cm³/mol. The molecule has 0 saturated heterocycles. The average Bonchev–Trinajstić information content (AvgIpc) is 2.70. The Morgan fingerprint density at radius 2 is 2.33 bits per heavy atom. The number of hydrogen-bond acceptors (Lipinski definition) is 3. The van der Waals surface area contributed by atoms with E-state index in [2.05, 4.69) is 10.1 Å². The summed E-state index contributed by atoms with van der Waals surface area (Å²) in [5.74, 6) is 1.67. The molecule has 0 amide bonds. The molecule has 0 aliphatic carbocycles. The largest absolute Gasteiger partial charge is 0.393 e. The lowest BCUT2D eigenvalue weighted by molar-refractivity contribution is 0.138. The van der Waals surface area contributed by atoms with Gasteiger partial charge in [-0.25, -0.2) is 9.67 Å². The smallest absolute Gasteiger partial charge is 0.155 e. The summed E-state index contributed by atoms with van der Waals surface area (Å²) in [6, 6.07) is 7.72. The highest BCUT2D eigenvalue weighted by Gasteiger charge is 2.19. The van der Waals surface area contributed by atoms with E-state index in [1.807, 2.05) is 28.9 Å². The van der Waals surface area contributed by atoms with Gasteiger partial charge in [-0.15, -0.1) is 0 Å². The number of aryl methyl sites for hydroxylation is 1. The highest BCUT2D eigenvalue weighted by molar-refractivity contribution is 6.30. The van der Waals surface area contributed by atoms with Crippen molar-refractivity contribution in [2.75, 3.05) is 0 Å². The van der Waals surface area contributed by atoms with E-state index in [-0.39, 0.29) is 6.10 Å². The van der Waals surface area contributed by atoms with E-state index in [0.717, 1.165) is 35.2 Å². The molecule has 0 fully saturated rings. The van der Waals surface area contributed by atoms with Crippen molar-refractivity contribution >= 4 is 11.6 Å². The molecule has 1 atom stereocenters. The Bertz CT molecular complexity index is 567. The van der Waals surface area contributed by atoms with Gasteiger partial charge in [0.25, 0.3) is 0 Å². The first-order chi connectivity index (χ1) is 8.70. The molecule has 1 aromatic carbocycles. The Morgan fingerprint density at radius 1 is 1.44 bits per heavy atom. The third-order valence-electron chi connectivity index (χ3n) is 3.14. The molecule has 4 nitrogen and oxygen atoms in total. The van der Waals surface area contributed by atoms with Crippen molar-refractivity contribution in [3.8, 4) is 0 Å². The maximum Gasteiger partial charge on any atom is 0.155 e. The van der Waals surface area contributed by atoms with Gasteiger partial charge in [-0.3, -0.25) is 0 Å². The highest BCUT2D eigenvalue weighted by atomic mass is 35.5. The Hall–Kier alpha value is -1.39. The maximum absolute atomic E-state index is 9.59. The Balaban J connectivity index is 1.82. The molecule has 1 aliphatic rings. The lowest BCUT2D eigenvalue weighted by Crippen LogP contribution is -2.23. The van der Waals surface area contributed by atoms with Gasteiger partial charge in [0.05, 0.1) is 6.10 Å². The summed E-state index contributed by atoms with van der Waals surface area (Å²) in [7, 11) is 0. The molecule has 0 radical (unpaired) electrons. The normalized spacial score (nSPS) is 18.7. The molecule has 5 heteroatoms. The van der Waals surface area contributed by atoms with E-state index in [9.17, 15) is 5.11 Å². The molecular formula is C13H14ClN3O. The quantitative estimate of drug-likeness (QED) is 0.899. The molecule has 1 aromatic heterocycles. The fourth-order valence-electron chi connectivity index (χ4n) is 2.24. The van der Waals surface area contributed by atoms with Crippen LogP contribution in [0.25, 0.3) is 0 Å². The fourth-order valence-corrected chi connectivity index (χ4v) is 2.46. The number of nitrogens with zero attached hydrogens (tertiary/aromatic N) is 3. The van der Waals surface area contributed by atoms with E-state index in [1.54, 1.807) is 0 Å². The number of aliphatic hydroxyl groups is 1. The van der Waals surface area contributed by atoms with Crippen LogP contribution < -0.4 is 0 Å². The minimum absolute atomic E-state index is 0.277. The van der Waals surface area contributed by atoms with Crippen molar-refractivity contribution in [3.63, 3.8) is 0 Å². The zero-order valence-corrected chi connectivity index (χ0v) is 10.6. The van der Waals surface area contributed by atoms with Gasteiger partial charge in [0.2, 0.25) is 0 Å². The molecule has 0 spiro atoms. The minimum atomic E-state index is -0.277. The second-order valence-corrected chi connectivity index (χ2v) is 5.06. The van der Waals surface area contributed by atoms with Crippen molar-refractivity contribution in [1.29, 1.82) is 0 Å². The Morgan fingerprint density at radius 3 is 3.17 bits per heavy atom. The number of aliphatic hydroxyl groups excluding tert-OH is 1. The van der Waals surface area contributed by atoms with Gasteiger partial charge in [0.15, 0.2) is 5.82 Å². The zero-order valence-electron chi connectivity index (χ0n) is 9.88. The van der Waals surface area contributed by atoms with Crippen LogP contribution in [-0.4, -0.2) is 26.0 Å². The second-order valence-electron chi connectivity index (χ2n) is 4.62. The molecule has 1 unspecified atom stereocenters. The van der Waals surface area contributed by atoms with Gasteiger partial charge in [0, 0.05) is 24.4 Å². The number of fused-ring (bicyclic) bond motifs is 1. The van der Waals surface area contributed by atoms with Crippen LogP contribution in [0.2, 0.25) is 5.02 Å². The molecular weight excluding hydrogens is 250 g/mol. The minimum Gasteiger partial charge on any atom is -0.393 e. The van der Waals surface area contributed by atoms with E-state index in [1.165, 1.54) is 0 Å². The van der Waals surface area contributed by atoms with Crippen LogP contribution in [0.3, 0.4) is 0 Å². The number of halogens is 1. The third-order valence-corrected chi connectivity index (χ3v) is 3.37. The van der Waals surface area contributed by atoms with Gasteiger partial charge < -0.3 is 5.11 Å². The van der Waals surface area contributed by atoms with E-state index < -0.39 is 0 Å². The molecule has 0 saturated carbocycles. The first-order valence-electron chi connectivity index (χ1n) is 6.06. The van der Waals surface area contributed by atoms with Crippen molar-refractivity contribution < 1.29 is 5.11 Å². The fraction of sp³-hybridized carbons (Fsp3) is 0.385. The molecule has 1 N–H and O–H groups in total.